The normalized spacial score (nSPS) is 15.9. The van der Waals surface area contributed by atoms with Crippen molar-refractivity contribution in [2.24, 2.45) is 0 Å². The van der Waals surface area contributed by atoms with E-state index in [9.17, 15) is 34.2 Å². The number of carboxylic acids is 1. The standard InChI is InChI=1S/C17H23NO4.C17H25NO3.C17H23NO3.C4H8O.2CH4.B.Mn.2O/c1-17(2,3)22-16(21)18-10-8-12(9-11-18)13-6-4-5-7-14(13)15(19)20;2*1-17(2,3)21-16(20)18-10-8-13(9-11-18)15-7-5-4-6-14(15)12-19;1-2-4-5-3-1;;;;;;/h4-7,12H,8-11H2,1-3H3,(H,19,20);4-7,13,19H,8-12H2,1-3H3;4-7,12-13H,8-11H2,1-3H3;1-4H2;2*1H4;;;;. The minimum absolute atomic E-state index is 0. The number of carboxylic acid groups (broad SMARTS) is 1. The first-order chi connectivity index (χ1) is 34.0. The van der Waals surface area contributed by atoms with Crippen LogP contribution in [-0.4, -0.2) is 133 Å². The van der Waals surface area contributed by atoms with Crippen molar-refractivity contribution in [3.63, 3.8) is 0 Å². The molecule has 3 radical (unpaired) electrons. The first-order valence-electron chi connectivity index (χ1n) is 25.0. The molecule has 3 amide bonds. The van der Waals surface area contributed by atoms with Crippen LogP contribution in [0.1, 0.15) is 189 Å². The third-order valence-electron chi connectivity index (χ3n) is 12.1. The van der Waals surface area contributed by atoms with Crippen molar-refractivity contribution in [2.45, 2.75) is 170 Å². The monoisotopic (exact) mass is 1090 g/mol. The average Bonchev–Trinajstić information content (AvgIpc) is 3.94. The summed E-state index contributed by atoms with van der Waals surface area (Å²) < 4.78 is 37.9. The van der Waals surface area contributed by atoms with Crippen LogP contribution in [0.15, 0.2) is 72.8 Å². The second-order valence-electron chi connectivity index (χ2n) is 21.1. The molecule has 4 heterocycles. The van der Waals surface area contributed by atoms with E-state index < -0.39 is 37.6 Å². The van der Waals surface area contributed by atoms with Crippen molar-refractivity contribution in [3.8, 4) is 0 Å². The van der Waals surface area contributed by atoms with Crippen molar-refractivity contribution in [3.05, 3.63) is 106 Å². The number of benzene rings is 3. The second-order valence-corrected chi connectivity index (χ2v) is 21.3. The van der Waals surface area contributed by atoms with Crippen LogP contribution in [0.5, 0.6) is 0 Å². The number of aliphatic hydroxyl groups is 1. The molecule has 0 aliphatic carbocycles. The fourth-order valence-corrected chi connectivity index (χ4v) is 8.72. The molecule has 0 bridgehead atoms. The Balaban J connectivity index is 0.000000998. The summed E-state index contributed by atoms with van der Waals surface area (Å²) in [5.41, 5.74) is 3.87. The van der Waals surface area contributed by atoms with Crippen molar-refractivity contribution < 1.29 is 75.6 Å². The second kappa shape index (κ2) is 34.4. The molecule has 4 aliphatic rings. The number of carbonyl (C=O) groups is 5. The Kier molecular flexibility index (Phi) is 32.0. The molecule has 4 aliphatic heterocycles. The van der Waals surface area contributed by atoms with E-state index in [4.69, 9.17) is 26.6 Å². The Morgan fingerprint density at radius 2 is 0.893 bits per heavy atom. The van der Waals surface area contributed by atoms with Gasteiger partial charge in [0.05, 0.1) is 12.2 Å². The molecule has 0 atom stereocenters. The molecule has 18 heteroatoms. The Hall–Kier alpha value is -5.29. The molecular formula is C57H87BMnN3O13. The number of hydrogen-bond donors (Lipinski definition) is 2. The van der Waals surface area contributed by atoms with Crippen molar-refractivity contribution >= 4 is 38.9 Å². The van der Waals surface area contributed by atoms with E-state index in [1.807, 2.05) is 117 Å². The molecule has 0 spiro atoms. The summed E-state index contributed by atoms with van der Waals surface area (Å²) in [7, 11) is 0. The van der Waals surface area contributed by atoms with Gasteiger partial charge in [0.25, 0.3) is 0 Å². The van der Waals surface area contributed by atoms with Crippen molar-refractivity contribution in [2.75, 3.05) is 52.5 Å². The van der Waals surface area contributed by atoms with Gasteiger partial charge in [0, 0.05) is 66.5 Å². The summed E-state index contributed by atoms with van der Waals surface area (Å²) in [6.07, 6.45) is 7.77. The number of carbonyl (C=O) groups excluding carboxylic acids is 4. The number of ether oxygens (including phenoxy) is 4. The molecule has 7 rings (SSSR count). The maximum atomic E-state index is 12.0. The van der Waals surface area contributed by atoms with Gasteiger partial charge in [0.15, 0.2) is 0 Å². The number of aromatic carboxylic acids is 1. The molecule has 0 saturated carbocycles. The Morgan fingerprint density at radius 3 is 1.23 bits per heavy atom. The Bertz CT molecular complexity index is 2200. The van der Waals surface area contributed by atoms with E-state index in [-0.39, 0.29) is 54.1 Å². The van der Waals surface area contributed by atoms with Crippen LogP contribution in [0.4, 0.5) is 14.4 Å². The van der Waals surface area contributed by atoms with Gasteiger partial charge in [0.2, 0.25) is 0 Å². The van der Waals surface area contributed by atoms with Gasteiger partial charge in [0.1, 0.15) is 23.1 Å². The topological polar surface area (TPSA) is 207 Å². The van der Waals surface area contributed by atoms with Crippen LogP contribution in [0, 0.1) is 0 Å². The van der Waals surface area contributed by atoms with Crippen LogP contribution >= 0.6 is 0 Å². The van der Waals surface area contributed by atoms with Gasteiger partial charge < -0.3 is 43.9 Å². The van der Waals surface area contributed by atoms with E-state index in [2.05, 4.69) is 6.07 Å². The van der Waals surface area contributed by atoms with Crippen LogP contribution in [0.2, 0.25) is 0 Å². The summed E-state index contributed by atoms with van der Waals surface area (Å²) in [5, 5.41) is 18.7. The van der Waals surface area contributed by atoms with Gasteiger partial charge in [-0.05, 0) is 160 Å². The van der Waals surface area contributed by atoms with Crippen LogP contribution in [0.3, 0.4) is 0 Å². The quantitative estimate of drug-likeness (QED) is 0.134. The molecule has 3 aromatic rings. The zero-order chi connectivity index (χ0) is 53.5. The molecule has 16 nitrogen and oxygen atoms in total. The molecule has 0 unspecified atom stereocenters. The zero-order valence-corrected chi connectivity index (χ0v) is 45.6. The van der Waals surface area contributed by atoms with Gasteiger partial charge in [-0.15, -0.1) is 0 Å². The number of piperidine rings is 3. The number of aliphatic hydroxyl groups excluding tert-OH is 1. The number of rotatable bonds is 6. The Labute approximate surface area is 455 Å². The number of amides is 3. The predicted octanol–water partition coefficient (Wildman–Crippen LogP) is 11.9. The summed E-state index contributed by atoms with van der Waals surface area (Å²) in [6.45, 7) is 22.8. The number of nitrogens with zero attached hydrogens (tertiary/aromatic N) is 3. The minimum atomic E-state index is -1.44. The van der Waals surface area contributed by atoms with E-state index >= 15 is 0 Å². The third kappa shape index (κ3) is 25.4. The molecule has 3 aromatic carbocycles. The number of aldehydes is 1. The maximum absolute atomic E-state index is 12.0. The summed E-state index contributed by atoms with van der Waals surface area (Å²) in [6, 6.07) is 22.8. The molecule has 418 valence electrons. The first kappa shape index (κ1) is 69.7. The van der Waals surface area contributed by atoms with E-state index in [1.165, 1.54) is 18.4 Å². The molecule has 2 N–H and O–H groups in total. The number of likely N-dealkylation sites (tertiary alicyclic amines) is 3. The van der Waals surface area contributed by atoms with E-state index in [0.717, 1.165) is 80.3 Å². The van der Waals surface area contributed by atoms with E-state index in [0.29, 0.717) is 56.7 Å². The third-order valence-corrected chi connectivity index (χ3v) is 12.1. The summed E-state index contributed by atoms with van der Waals surface area (Å²) >= 11 is -1.44. The first-order valence-corrected chi connectivity index (χ1v) is 25.9. The van der Waals surface area contributed by atoms with Gasteiger partial charge in [-0.25, -0.2) is 19.2 Å². The fraction of sp³-hybridized carbons (Fsp3) is 0.596. The average molecular weight is 1090 g/mol. The molecular weight excluding hydrogens is 1000 g/mol. The van der Waals surface area contributed by atoms with Crippen molar-refractivity contribution in [1.29, 1.82) is 0 Å². The Morgan fingerprint density at radius 1 is 0.573 bits per heavy atom. The molecule has 0 aromatic heterocycles. The van der Waals surface area contributed by atoms with Gasteiger partial charge in [-0.1, -0.05) is 81.6 Å². The van der Waals surface area contributed by atoms with Gasteiger partial charge >= 0.3 is 46.7 Å². The molecule has 75 heavy (non-hydrogen) atoms. The number of hydrogen-bond acceptors (Lipinski definition) is 12. The van der Waals surface area contributed by atoms with Crippen LogP contribution < -0.4 is 0 Å². The summed E-state index contributed by atoms with van der Waals surface area (Å²) in [4.78, 5) is 63.8. The zero-order valence-electron chi connectivity index (χ0n) is 44.4. The molecule has 4 fully saturated rings. The fourth-order valence-electron chi connectivity index (χ4n) is 8.72. The van der Waals surface area contributed by atoms with Gasteiger partial charge in [-0.2, -0.15) is 0 Å². The van der Waals surface area contributed by atoms with Crippen LogP contribution in [-0.2, 0) is 48.0 Å². The van der Waals surface area contributed by atoms with E-state index in [1.54, 1.807) is 26.8 Å². The van der Waals surface area contributed by atoms with Crippen LogP contribution in [0.25, 0.3) is 0 Å². The summed E-state index contributed by atoms with van der Waals surface area (Å²) in [5.74, 6) is 0.0216. The molecule has 4 saturated heterocycles. The van der Waals surface area contributed by atoms with Crippen molar-refractivity contribution in [1.82, 2.24) is 14.7 Å². The predicted molar refractivity (Wildman–Crippen MR) is 288 cm³/mol. The SMILES string of the molecule is C.C.C1CCOC1.CC(C)(C)OC(=O)N1CCC(c2ccccc2C(=O)O)CC1.CC(C)(C)OC(=O)N1CCC(c2ccccc2C=O)CC1.CC(C)(C)OC(=O)N1CCC(c2ccccc2CO)CC1.[B].[O]=[Mn]=[O]. The van der Waals surface area contributed by atoms with Gasteiger partial charge in [-0.3, -0.25) is 4.79 Å².